The van der Waals surface area contributed by atoms with Crippen LogP contribution in [0.3, 0.4) is 0 Å². The number of aromatic nitrogens is 4. The first kappa shape index (κ1) is 15.0. The molecule has 0 saturated carbocycles. The second-order valence-electron chi connectivity index (χ2n) is 5.41. The molecule has 2 aromatic rings. The lowest BCUT2D eigenvalue weighted by Gasteiger charge is -2.11. The molecule has 21 heavy (non-hydrogen) atoms. The van der Waals surface area contributed by atoms with Gasteiger partial charge in [-0.05, 0) is 12.8 Å². The van der Waals surface area contributed by atoms with E-state index in [1.807, 2.05) is 10.8 Å². The van der Waals surface area contributed by atoms with Gasteiger partial charge in [-0.1, -0.05) is 13.8 Å². The Kier molecular flexibility index (Phi) is 4.25. The van der Waals surface area contributed by atoms with Crippen molar-refractivity contribution in [2.75, 3.05) is 5.32 Å². The van der Waals surface area contributed by atoms with Crippen LogP contribution in [0.1, 0.15) is 25.4 Å². The van der Waals surface area contributed by atoms with E-state index >= 15 is 0 Å². The monoisotopic (exact) mass is 292 g/mol. The van der Waals surface area contributed by atoms with E-state index in [1.54, 1.807) is 20.2 Å². The quantitative estimate of drug-likeness (QED) is 0.650. The Hall–Kier alpha value is -2.38. The molecule has 0 saturated heterocycles. The zero-order chi connectivity index (χ0) is 15.6. The maximum atomic E-state index is 11.1. The summed E-state index contributed by atoms with van der Waals surface area (Å²) >= 11 is 0. The Labute approximate surface area is 122 Å². The summed E-state index contributed by atoms with van der Waals surface area (Å²) in [5, 5.41) is 18.3. The summed E-state index contributed by atoms with van der Waals surface area (Å²) in [6.07, 6.45) is 3.65. The fourth-order valence-electron chi connectivity index (χ4n) is 2.29. The summed E-state index contributed by atoms with van der Waals surface area (Å²) in [4.78, 5) is 15.0. The lowest BCUT2D eigenvalue weighted by atomic mass is 10.2. The standard InChI is InChI=1S/C13H20N6O2/c1-9(2)8-18-6-5-14-11(18)7-15-13-12(19(20)21)10(3)16-17(13)4/h5-6,9,15H,7-8H2,1-4H3. The molecule has 0 amide bonds. The molecule has 2 rings (SSSR count). The van der Waals surface area contributed by atoms with E-state index in [0.717, 1.165) is 12.4 Å². The molecule has 8 heteroatoms. The van der Waals surface area contributed by atoms with Crippen molar-refractivity contribution >= 4 is 11.5 Å². The Morgan fingerprint density at radius 1 is 1.48 bits per heavy atom. The van der Waals surface area contributed by atoms with Crippen molar-refractivity contribution in [2.24, 2.45) is 13.0 Å². The lowest BCUT2D eigenvalue weighted by molar-refractivity contribution is -0.384. The molecule has 1 N–H and O–H groups in total. The van der Waals surface area contributed by atoms with E-state index in [2.05, 4.69) is 29.2 Å². The summed E-state index contributed by atoms with van der Waals surface area (Å²) in [6.45, 7) is 7.17. The predicted octanol–water partition coefficient (Wildman–Crippen LogP) is 2.10. The van der Waals surface area contributed by atoms with Crippen LogP contribution in [0.5, 0.6) is 0 Å². The van der Waals surface area contributed by atoms with Crippen molar-refractivity contribution in [3.8, 4) is 0 Å². The van der Waals surface area contributed by atoms with E-state index < -0.39 is 4.92 Å². The zero-order valence-corrected chi connectivity index (χ0v) is 12.7. The van der Waals surface area contributed by atoms with Crippen LogP contribution in [0.25, 0.3) is 0 Å². The fourth-order valence-corrected chi connectivity index (χ4v) is 2.29. The fraction of sp³-hybridized carbons (Fsp3) is 0.538. The maximum absolute atomic E-state index is 11.1. The normalized spacial score (nSPS) is 11.1. The summed E-state index contributed by atoms with van der Waals surface area (Å²) in [7, 11) is 1.68. The molecule has 114 valence electrons. The minimum absolute atomic E-state index is 0.0134. The molecular weight excluding hydrogens is 272 g/mol. The molecule has 0 aliphatic rings. The van der Waals surface area contributed by atoms with Crippen LogP contribution in [-0.4, -0.2) is 24.3 Å². The predicted molar refractivity (Wildman–Crippen MR) is 79.0 cm³/mol. The molecular formula is C13H20N6O2. The highest BCUT2D eigenvalue weighted by atomic mass is 16.6. The number of anilines is 1. The first-order chi connectivity index (χ1) is 9.90. The first-order valence-corrected chi connectivity index (χ1v) is 6.82. The molecule has 0 unspecified atom stereocenters. The molecule has 8 nitrogen and oxygen atoms in total. The summed E-state index contributed by atoms with van der Waals surface area (Å²) in [5.74, 6) is 1.75. The number of hydrogen-bond donors (Lipinski definition) is 1. The van der Waals surface area contributed by atoms with Crippen molar-refractivity contribution in [3.05, 3.63) is 34.0 Å². The number of aryl methyl sites for hydroxylation is 2. The van der Waals surface area contributed by atoms with Gasteiger partial charge in [-0.3, -0.25) is 10.1 Å². The number of rotatable bonds is 6. The average molecular weight is 292 g/mol. The third-order valence-electron chi connectivity index (χ3n) is 3.15. The summed E-state index contributed by atoms with van der Waals surface area (Å²) in [6, 6.07) is 0. The van der Waals surface area contributed by atoms with Gasteiger partial charge in [0.05, 0.1) is 11.5 Å². The van der Waals surface area contributed by atoms with E-state index in [9.17, 15) is 10.1 Å². The smallest absolute Gasteiger partial charge is 0.333 e. The number of hydrogen-bond acceptors (Lipinski definition) is 5. The van der Waals surface area contributed by atoms with Gasteiger partial charge in [0.1, 0.15) is 11.5 Å². The number of nitro groups is 1. The van der Waals surface area contributed by atoms with Crippen LogP contribution < -0.4 is 5.32 Å². The topological polar surface area (TPSA) is 90.8 Å². The third-order valence-corrected chi connectivity index (χ3v) is 3.15. The summed E-state index contributed by atoms with van der Waals surface area (Å²) < 4.78 is 3.54. The Bertz CT molecular complexity index is 643. The maximum Gasteiger partial charge on any atom is 0.333 e. The van der Waals surface area contributed by atoms with Crippen molar-refractivity contribution in [1.82, 2.24) is 19.3 Å². The van der Waals surface area contributed by atoms with Gasteiger partial charge in [-0.25, -0.2) is 9.67 Å². The highest BCUT2D eigenvalue weighted by Gasteiger charge is 2.23. The van der Waals surface area contributed by atoms with Gasteiger partial charge in [0.2, 0.25) is 5.82 Å². The SMILES string of the molecule is Cc1nn(C)c(NCc2nccn2CC(C)C)c1[N+](=O)[O-]. The number of imidazole rings is 1. The largest absolute Gasteiger partial charge is 0.357 e. The highest BCUT2D eigenvalue weighted by Crippen LogP contribution is 2.27. The van der Waals surface area contributed by atoms with Gasteiger partial charge in [-0.15, -0.1) is 0 Å². The number of nitrogens with zero attached hydrogens (tertiary/aromatic N) is 5. The Morgan fingerprint density at radius 3 is 2.81 bits per heavy atom. The van der Waals surface area contributed by atoms with E-state index in [4.69, 9.17) is 0 Å². The van der Waals surface area contributed by atoms with Gasteiger partial charge in [0.15, 0.2) is 0 Å². The Morgan fingerprint density at radius 2 is 2.19 bits per heavy atom. The molecule has 2 aromatic heterocycles. The van der Waals surface area contributed by atoms with Crippen molar-refractivity contribution in [1.29, 1.82) is 0 Å². The minimum atomic E-state index is -0.411. The van der Waals surface area contributed by atoms with Crippen LogP contribution in [0, 0.1) is 23.0 Å². The van der Waals surface area contributed by atoms with Crippen LogP contribution >= 0.6 is 0 Å². The van der Waals surface area contributed by atoms with Crippen LogP contribution in [-0.2, 0) is 20.1 Å². The van der Waals surface area contributed by atoms with Crippen LogP contribution in [0.4, 0.5) is 11.5 Å². The van der Waals surface area contributed by atoms with Crippen LogP contribution in [0.2, 0.25) is 0 Å². The second kappa shape index (κ2) is 5.94. The van der Waals surface area contributed by atoms with Gasteiger partial charge in [0, 0.05) is 26.0 Å². The summed E-state index contributed by atoms with van der Waals surface area (Å²) in [5.41, 5.74) is 0.412. The highest BCUT2D eigenvalue weighted by molar-refractivity contribution is 5.59. The van der Waals surface area contributed by atoms with Crippen molar-refractivity contribution < 1.29 is 4.92 Å². The van der Waals surface area contributed by atoms with Gasteiger partial charge in [0.25, 0.3) is 0 Å². The van der Waals surface area contributed by atoms with Gasteiger partial charge in [-0.2, -0.15) is 5.10 Å². The van der Waals surface area contributed by atoms with E-state index in [0.29, 0.717) is 24.0 Å². The molecule has 0 atom stereocenters. The Balaban J connectivity index is 2.17. The first-order valence-electron chi connectivity index (χ1n) is 6.82. The van der Waals surface area contributed by atoms with Gasteiger partial charge >= 0.3 is 5.69 Å². The van der Waals surface area contributed by atoms with E-state index in [1.165, 1.54) is 4.68 Å². The molecule has 0 radical (unpaired) electrons. The molecule has 2 heterocycles. The van der Waals surface area contributed by atoms with Crippen molar-refractivity contribution in [2.45, 2.75) is 33.9 Å². The van der Waals surface area contributed by atoms with Crippen molar-refractivity contribution in [3.63, 3.8) is 0 Å². The molecule has 0 aromatic carbocycles. The second-order valence-corrected chi connectivity index (χ2v) is 5.41. The average Bonchev–Trinajstić information content (AvgIpc) is 2.90. The van der Waals surface area contributed by atoms with Crippen LogP contribution in [0.15, 0.2) is 12.4 Å². The van der Waals surface area contributed by atoms with Gasteiger partial charge < -0.3 is 9.88 Å². The minimum Gasteiger partial charge on any atom is -0.357 e. The third kappa shape index (κ3) is 3.21. The lowest BCUT2D eigenvalue weighted by Crippen LogP contribution is -2.13. The molecule has 0 bridgehead atoms. The molecule has 0 aliphatic heterocycles. The molecule has 0 aliphatic carbocycles. The zero-order valence-electron chi connectivity index (χ0n) is 12.7. The van der Waals surface area contributed by atoms with E-state index in [-0.39, 0.29) is 5.69 Å². The molecule has 0 fully saturated rings. The number of nitrogens with one attached hydrogen (secondary N) is 1. The molecule has 0 spiro atoms.